The van der Waals surface area contributed by atoms with Crippen LogP contribution in [0.25, 0.3) is 0 Å². The monoisotopic (exact) mass is 251 g/mol. The summed E-state index contributed by atoms with van der Waals surface area (Å²) in [7, 11) is 2.08. The molecule has 0 fully saturated rings. The van der Waals surface area contributed by atoms with Gasteiger partial charge in [-0.3, -0.25) is 4.90 Å². The van der Waals surface area contributed by atoms with Crippen molar-refractivity contribution in [2.24, 2.45) is 0 Å². The van der Waals surface area contributed by atoms with E-state index in [0.29, 0.717) is 17.3 Å². The first-order valence-corrected chi connectivity index (χ1v) is 6.22. The third kappa shape index (κ3) is 3.73. The van der Waals surface area contributed by atoms with Crippen LogP contribution in [-0.4, -0.2) is 42.3 Å². The Labute approximate surface area is 109 Å². The highest BCUT2D eigenvalue weighted by Gasteiger charge is 2.18. The summed E-state index contributed by atoms with van der Waals surface area (Å²) in [6, 6.07) is 6.00. The van der Waals surface area contributed by atoms with Crippen molar-refractivity contribution >= 4 is 12.6 Å². The summed E-state index contributed by atoms with van der Waals surface area (Å²) in [5.41, 5.74) is 1.45. The Kier molecular flexibility index (Phi) is 5.66. The standard InChI is InChI=1S/C13H22BNO3/c1-5-10(2)15(3)9-11-6-7-13(18-4)12(8-11)14(16)17/h6-8,10,16-17H,5,9H2,1-4H3. The molecule has 1 atom stereocenters. The van der Waals surface area contributed by atoms with Crippen molar-refractivity contribution in [3.05, 3.63) is 23.8 Å². The van der Waals surface area contributed by atoms with E-state index in [4.69, 9.17) is 4.74 Å². The molecular weight excluding hydrogens is 229 g/mol. The molecule has 5 heteroatoms. The van der Waals surface area contributed by atoms with Crippen LogP contribution in [0.5, 0.6) is 5.75 Å². The van der Waals surface area contributed by atoms with E-state index in [9.17, 15) is 10.0 Å². The Morgan fingerprint density at radius 3 is 2.56 bits per heavy atom. The number of benzene rings is 1. The highest BCUT2D eigenvalue weighted by atomic mass is 16.5. The molecule has 0 bridgehead atoms. The summed E-state index contributed by atoms with van der Waals surface area (Å²) < 4.78 is 5.10. The Morgan fingerprint density at radius 2 is 2.06 bits per heavy atom. The minimum atomic E-state index is -1.51. The minimum Gasteiger partial charge on any atom is -0.497 e. The molecule has 0 aromatic heterocycles. The van der Waals surface area contributed by atoms with Gasteiger partial charge in [-0.05, 0) is 32.0 Å². The first-order valence-electron chi connectivity index (χ1n) is 6.22. The van der Waals surface area contributed by atoms with Crippen molar-refractivity contribution in [2.45, 2.75) is 32.9 Å². The maximum Gasteiger partial charge on any atom is 0.492 e. The van der Waals surface area contributed by atoms with E-state index in [1.807, 2.05) is 6.07 Å². The predicted molar refractivity (Wildman–Crippen MR) is 74.0 cm³/mol. The lowest BCUT2D eigenvalue weighted by Crippen LogP contribution is -2.33. The smallest absolute Gasteiger partial charge is 0.492 e. The number of hydrogen-bond acceptors (Lipinski definition) is 4. The summed E-state index contributed by atoms with van der Waals surface area (Å²) in [4.78, 5) is 2.23. The van der Waals surface area contributed by atoms with E-state index in [1.54, 1.807) is 12.1 Å². The van der Waals surface area contributed by atoms with Gasteiger partial charge in [-0.1, -0.05) is 19.1 Å². The Balaban J connectivity index is 2.88. The number of nitrogens with zero attached hydrogens (tertiary/aromatic N) is 1. The lowest BCUT2D eigenvalue weighted by atomic mass is 9.78. The molecule has 1 rings (SSSR count). The Hall–Kier alpha value is -1.04. The summed E-state index contributed by atoms with van der Waals surface area (Å²) in [5, 5.41) is 18.6. The van der Waals surface area contributed by atoms with Crippen LogP contribution >= 0.6 is 0 Å². The topological polar surface area (TPSA) is 52.9 Å². The highest BCUT2D eigenvalue weighted by molar-refractivity contribution is 6.59. The molecule has 0 aliphatic carbocycles. The molecule has 2 N–H and O–H groups in total. The summed E-state index contributed by atoms with van der Waals surface area (Å²) in [6.45, 7) is 5.10. The molecule has 0 radical (unpaired) electrons. The molecule has 4 nitrogen and oxygen atoms in total. The quantitative estimate of drug-likeness (QED) is 0.727. The van der Waals surface area contributed by atoms with Gasteiger partial charge in [-0.2, -0.15) is 0 Å². The van der Waals surface area contributed by atoms with Crippen molar-refractivity contribution in [1.29, 1.82) is 0 Å². The Morgan fingerprint density at radius 1 is 1.39 bits per heavy atom. The number of rotatable bonds is 6. The van der Waals surface area contributed by atoms with Crippen LogP contribution in [0.15, 0.2) is 18.2 Å². The van der Waals surface area contributed by atoms with Gasteiger partial charge in [0.15, 0.2) is 0 Å². The molecule has 0 heterocycles. The average Bonchev–Trinajstić information content (AvgIpc) is 2.37. The van der Waals surface area contributed by atoms with Crippen LogP contribution in [-0.2, 0) is 6.54 Å². The number of hydrogen-bond donors (Lipinski definition) is 2. The molecule has 0 saturated carbocycles. The van der Waals surface area contributed by atoms with Gasteiger partial charge >= 0.3 is 7.12 Å². The third-order valence-electron chi connectivity index (χ3n) is 3.35. The van der Waals surface area contributed by atoms with Crippen molar-refractivity contribution in [1.82, 2.24) is 4.90 Å². The van der Waals surface area contributed by atoms with E-state index < -0.39 is 7.12 Å². The van der Waals surface area contributed by atoms with Gasteiger partial charge in [0.2, 0.25) is 0 Å². The van der Waals surface area contributed by atoms with Crippen molar-refractivity contribution in [3.8, 4) is 5.75 Å². The van der Waals surface area contributed by atoms with E-state index >= 15 is 0 Å². The molecular formula is C13H22BNO3. The zero-order valence-corrected chi connectivity index (χ0v) is 11.6. The Bertz CT molecular complexity index is 384. The first-order chi connectivity index (χ1) is 8.49. The fourth-order valence-corrected chi connectivity index (χ4v) is 1.84. The largest absolute Gasteiger partial charge is 0.497 e. The van der Waals surface area contributed by atoms with Crippen molar-refractivity contribution in [2.75, 3.05) is 14.2 Å². The lowest BCUT2D eigenvalue weighted by molar-refractivity contribution is 0.244. The fourth-order valence-electron chi connectivity index (χ4n) is 1.84. The normalized spacial score (nSPS) is 12.6. The van der Waals surface area contributed by atoms with Crippen LogP contribution in [0.1, 0.15) is 25.8 Å². The van der Waals surface area contributed by atoms with Crippen LogP contribution in [0, 0.1) is 0 Å². The van der Waals surface area contributed by atoms with Gasteiger partial charge < -0.3 is 14.8 Å². The third-order valence-corrected chi connectivity index (χ3v) is 3.35. The second-order valence-corrected chi connectivity index (χ2v) is 4.62. The molecule has 1 aromatic carbocycles. The van der Waals surface area contributed by atoms with Gasteiger partial charge in [0.05, 0.1) is 7.11 Å². The van der Waals surface area contributed by atoms with E-state index in [2.05, 4.69) is 25.8 Å². The molecule has 0 aliphatic rings. The second-order valence-electron chi connectivity index (χ2n) is 4.62. The molecule has 0 aliphatic heterocycles. The molecule has 18 heavy (non-hydrogen) atoms. The van der Waals surface area contributed by atoms with Gasteiger partial charge in [-0.15, -0.1) is 0 Å². The molecule has 1 aromatic rings. The fraction of sp³-hybridized carbons (Fsp3) is 0.538. The summed E-state index contributed by atoms with van der Waals surface area (Å²) in [6.07, 6.45) is 1.09. The van der Waals surface area contributed by atoms with Gasteiger partial charge in [0.1, 0.15) is 5.75 Å². The molecule has 1 unspecified atom stereocenters. The second kappa shape index (κ2) is 6.78. The number of ether oxygens (including phenoxy) is 1. The maximum atomic E-state index is 9.31. The van der Waals surface area contributed by atoms with Crippen molar-refractivity contribution in [3.63, 3.8) is 0 Å². The zero-order valence-electron chi connectivity index (χ0n) is 11.6. The van der Waals surface area contributed by atoms with Crippen LogP contribution in [0.3, 0.4) is 0 Å². The van der Waals surface area contributed by atoms with E-state index in [-0.39, 0.29) is 0 Å². The maximum absolute atomic E-state index is 9.31. The summed E-state index contributed by atoms with van der Waals surface area (Å²) in [5.74, 6) is 0.500. The zero-order chi connectivity index (χ0) is 13.7. The van der Waals surface area contributed by atoms with Gasteiger partial charge in [0.25, 0.3) is 0 Å². The number of methoxy groups -OCH3 is 1. The molecule has 0 spiro atoms. The van der Waals surface area contributed by atoms with E-state index in [0.717, 1.165) is 18.5 Å². The first kappa shape index (κ1) is 15.0. The SMILES string of the molecule is CCC(C)N(C)Cc1ccc(OC)c(B(O)O)c1. The molecule has 0 amide bonds. The van der Waals surface area contributed by atoms with Gasteiger partial charge in [0, 0.05) is 18.0 Å². The van der Waals surface area contributed by atoms with Crippen molar-refractivity contribution < 1.29 is 14.8 Å². The van der Waals surface area contributed by atoms with Crippen LogP contribution in [0.2, 0.25) is 0 Å². The highest BCUT2D eigenvalue weighted by Crippen LogP contribution is 2.13. The van der Waals surface area contributed by atoms with Crippen LogP contribution < -0.4 is 10.2 Å². The molecule has 0 saturated heterocycles. The average molecular weight is 251 g/mol. The van der Waals surface area contributed by atoms with E-state index in [1.165, 1.54) is 7.11 Å². The predicted octanol–water partition coefficient (Wildman–Crippen LogP) is 0.605. The lowest BCUT2D eigenvalue weighted by Gasteiger charge is -2.24. The van der Waals surface area contributed by atoms with Gasteiger partial charge in [-0.25, -0.2) is 0 Å². The molecule has 100 valence electrons. The van der Waals surface area contributed by atoms with Crippen LogP contribution in [0.4, 0.5) is 0 Å². The summed E-state index contributed by atoms with van der Waals surface area (Å²) >= 11 is 0. The minimum absolute atomic E-state index is 0.410.